The van der Waals surface area contributed by atoms with Gasteiger partial charge in [0.25, 0.3) is 5.91 Å². The summed E-state index contributed by atoms with van der Waals surface area (Å²) in [6.45, 7) is 0. The van der Waals surface area contributed by atoms with Crippen molar-refractivity contribution in [1.82, 2.24) is 4.98 Å². The third kappa shape index (κ3) is 4.98. The van der Waals surface area contributed by atoms with Crippen LogP contribution >= 0.6 is 0 Å². The van der Waals surface area contributed by atoms with Gasteiger partial charge in [0, 0.05) is 23.5 Å². The van der Waals surface area contributed by atoms with Crippen molar-refractivity contribution >= 4 is 34.9 Å². The second kappa shape index (κ2) is 8.54. The van der Waals surface area contributed by atoms with Crippen molar-refractivity contribution in [3.8, 4) is 5.75 Å². The van der Waals surface area contributed by atoms with Gasteiger partial charge >= 0.3 is 6.09 Å². The molecule has 0 unspecified atom stereocenters. The summed E-state index contributed by atoms with van der Waals surface area (Å²) in [4.78, 5) is 27.9. The first-order valence-corrected chi connectivity index (χ1v) is 8.33. The topological polar surface area (TPSA) is 113 Å². The number of hydrogen-bond acceptors (Lipinski definition) is 5. The van der Waals surface area contributed by atoms with E-state index in [0.29, 0.717) is 22.9 Å². The second-order valence-corrected chi connectivity index (χ2v) is 5.73. The monoisotopic (exact) mass is 378 g/mol. The average Bonchev–Trinajstić information content (AvgIpc) is 2.68. The van der Waals surface area contributed by atoms with Gasteiger partial charge in [-0.25, -0.2) is 9.78 Å². The van der Waals surface area contributed by atoms with Crippen LogP contribution in [0.15, 0.2) is 66.7 Å². The van der Waals surface area contributed by atoms with Gasteiger partial charge in [0.15, 0.2) is 0 Å². The molecule has 0 aliphatic heterocycles. The fourth-order valence-corrected chi connectivity index (χ4v) is 2.47. The van der Waals surface area contributed by atoms with Crippen molar-refractivity contribution < 1.29 is 19.4 Å². The largest absolute Gasteiger partial charge is 0.497 e. The minimum absolute atomic E-state index is 0.0560. The molecule has 0 spiro atoms. The quantitative estimate of drug-likeness (QED) is 0.512. The van der Waals surface area contributed by atoms with E-state index in [9.17, 15) is 9.59 Å². The van der Waals surface area contributed by atoms with Crippen molar-refractivity contribution in [3.05, 3.63) is 72.4 Å². The Bertz CT molecular complexity index is 993. The summed E-state index contributed by atoms with van der Waals surface area (Å²) >= 11 is 0. The van der Waals surface area contributed by atoms with Crippen molar-refractivity contribution in [2.24, 2.45) is 0 Å². The number of carbonyl (C=O) groups is 2. The van der Waals surface area contributed by atoms with Gasteiger partial charge in [-0.05, 0) is 30.3 Å². The molecule has 3 aromatic rings. The van der Waals surface area contributed by atoms with Crippen molar-refractivity contribution in [3.63, 3.8) is 0 Å². The van der Waals surface area contributed by atoms with E-state index in [-0.39, 0.29) is 11.4 Å². The summed E-state index contributed by atoms with van der Waals surface area (Å²) in [6.07, 6.45) is -1.24. The van der Waals surface area contributed by atoms with E-state index in [4.69, 9.17) is 9.84 Å². The number of amides is 2. The van der Waals surface area contributed by atoms with E-state index in [1.54, 1.807) is 55.6 Å². The van der Waals surface area contributed by atoms with Crippen LogP contribution in [0.1, 0.15) is 10.5 Å². The maximum Gasteiger partial charge on any atom is 0.409 e. The Kier molecular flexibility index (Phi) is 5.71. The van der Waals surface area contributed by atoms with Gasteiger partial charge in [-0.2, -0.15) is 0 Å². The van der Waals surface area contributed by atoms with Crippen LogP contribution in [0.2, 0.25) is 0 Å². The minimum atomic E-state index is -1.24. The molecule has 0 saturated carbocycles. The zero-order valence-electron chi connectivity index (χ0n) is 15.0. The number of para-hydroxylation sites is 1. The van der Waals surface area contributed by atoms with Crippen LogP contribution in [0.25, 0.3) is 0 Å². The molecule has 0 aliphatic rings. The van der Waals surface area contributed by atoms with Crippen LogP contribution in [0, 0.1) is 0 Å². The molecular formula is C20H18N4O4. The number of anilines is 4. The number of methoxy groups -OCH3 is 1. The highest BCUT2D eigenvalue weighted by molar-refractivity contribution is 6.04. The molecular weight excluding hydrogens is 360 g/mol. The Morgan fingerprint density at radius 2 is 1.64 bits per heavy atom. The highest BCUT2D eigenvalue weighted by Crippen LogP contribution is 2.23. The molecule has 0 bridgehead atoms. The standard InChI is InChI=1S/C20H18N4O4/c1-28-16-9-5-8-14(10-16)21-18-12-15(23-20(26)27)11-17(24-18)19(25)22-13-6-3-2-4-7-13/h2-12H,1H3,(H,22,25)(H,26,27)(H2,21,23,24). The van der Waals surface area contributed by atoms with Crippen LogP contribution in [0.3, 0.4) is 0 Å². The first-order chi connectivity index (χ1) is 13.5. The first-order valence-electron chi connectivity index (χ1n) is 8.33. The Hall–Kier alpha value is -4.07. The van der Waals surface area contributed by atoms with E-state index < -0.39 is 12.0 Å². The maximum absolute atomic E-state index is 12.6. The van der Waals surface area contributed by atoms with Crippen LogP contribution in [-0.4, -0.2) is 29.2 Å². The third-order valence-electron chi connectivity index (χ3n) is 3.68. The van der Waals surface area contributed by atoms with Crippen molar-refractivity contribution in [1.29, 1.82) is 0 Å². The lowest BCUT2D eigenvalue weighted by atomic mass is 10.2. The number of carboxylic acid groups (broad SMARTS) is 1. The van der Waals surface area contributed by atoms with Gasteiger partial charge in [0.05, 0.1) is 12.8 Å². The lowest BCUT2D eigenvalue weighted by Gasteiger charge is -2.12. The van der Waals surface area contributed by atoms with E-state index in [1.807, 2.05) is 6.07 Å². The Morgan fingerprint density at radius 3 is 2.36 bits per heavy atom. The second-order valence-electron chi connectivity index (χ2n) is 5.73. The molecule has 0 radical (unpaired) electrons. The molecule has 0 saturated heterocycles. The van der Waals surface area contributed by atoms with Gasteiger partial charge in [-0.1, -0.05) is 24.3 Å². The predicted molar refractivity (Wildman–Crippen MR) is 107 cm³/mol. The smallest absolute Gasteiger partial charge is 0.409 e. The molecule has 2 amide bonds. The number of nitrogens with zero attached hydrogens (tertiary/aromatic N) is 1. The minimum Gasteiger partial charge on any atom is -0.497 e. The third-order valence-corrected chi connectivity index (χ3v) is 3.68. The lowest BCUT2D eigenvalue weighted by Crippen LogP contribution is -2.16. The fraction of sp³-hybridized carbons (Fsp3) is 0.0500. The Balaban J connectivity index is 1.89. The van der Waals surface area contributed by atoms with Gasteiger partial charge in [0.2, 0.25) is 0 Å². The molecule has 0 atom stereocenters. The zero-order valence-corrected chi connectivity index (χ0v) is 15.0. The molecule has 142 valence electrons. The molecule has 28 heavy (non-hydrogen) atoms. The number of rotatable bonds is 6. The fourth-order valence-electron chi connectivity index (χ4n) is 2.47. The average molecular weight is 378 g/mol. The lowest BCUT2D eigenvalue weighted by molar-refractivity contribution is 0.102. The molecule has 4 N–H and O–H groups in total. The van der Waals surface area contributed by atoms with Crippen LogP contribution < -0.4 is 20.7 Å². The summed E-state index contributed by atoms with van der Waals surface area (Å²) in [5, 5.41) is 17.0. The normalized spacial score (nSPS) is 10.0. The molecule has 8 heteroatoms. The molecule has 2 aromatic carbocycles. The molecule has 1 aromatic heterocycles. The SMILES string of the molecule is COc1cccc(Nc2cc(NC(=O)O)cc(C(=O)Nc3ccccc3)n2)c1. The number of ether oxygens (including phenoxy) is 1. The highest BCUT2D eigenvalue weighted by Gasteiger charge is 2.13. The number of aromatic nitrogens is 1. The van der Waals surface area contributed by atoms with Crippen LogP contribution in [-0.2, 0) is 0 Å². The number of hydrogen-bond donors (Lipinski definition) is 4. The summed E-state index contributed by atoms with van der Waals surface area (Å²) in [7, 11) is 1.56. The summed E-state index contributed by atoms with van der Waals surface area (Å²) in [5.74, 6) is 0.485. The van der Waals surface area contributed by atoms with Crippen LogP contribution in [0.5, 0.6) is 5.75 Å². The van der Waals surface area contributed by atoms with Gasteiger partial charge in [0.1, 0.15) is 17.3 Å². The van der Waals surface area contributed by atoms with Crippen LogP contribution in [0.4, 0.5) is 27.7 Å². The Morgan fingerprint density at radius 1 is 0.893 bits per heavy atom. The van der Waals surface area contributed by atoms with E-state index in [0.717, 1.165) is 0 Å². The highest BCUT2D eigenvalue weighted by atomic mass is 16.5. The summed E-state index contributed by atoms with van der Waals surface area (Å²) < 4.78 is 5.18. The molecule has 0 aliphatic carbocycles. The molecule has 3 rings (SSSR count). The predicted octanol–water partition coefficient (Wildman–Crippen LogP) is 4.18. The van der Waals surface area contributed by atoms with E-state index >= 15 is 0 Å². The van der Waals surface area contributed by atoms with Gasteiger partial charge in [-0.3, -0.25) is 10.1 Å². The number of nitrogens with one attached hydrogen (secondary N) is 3. The van der Waals surface area contributed by atoms with E-state index in [1.165, 1.54) is 12.1 Å². The number of benzene rings is 2. The van der Waals surface area contributed by atoms with Gasteiger partial charge < -0.3 is 20.5 Å². The van der Waals surface area contributed by atoms with Crippen molar-refractivity contribution in [2.75, 3.05) is 23.1 Å². The van der Waals surface area contributed by atoms with Gasteiger partial charge in [-0.15, -0.1) is 0 Å². The number of pyridine rings is 1. The first kappa shape index (κ1) is 18.7. The Labute approximate surface area is 161 Å². The summed E-state index contributed by atoms with van der Waals surface area (Å²) in [6, 6.07) is 18.9. The van der Waals surface area contributed by atoms with Crippen molar-refractivity contribution in [2.45, 2.75) is 0 Å². The zero-order chi connectivity index (χ0) is 19.9. The summed E-state index contributed by atoms with van der Waals surface area (Å²) in [5.41, 5.74) is 1.55. The molecule has 0 fully saturated rings. The maximum atomic E-state index is 12.6. The van der Waals surface area contributed by atoms with E-state index in [2.05, 4.69) is 20.9 Å². The molecule has 1 heterocycles. The number of carbonyl (C=O) groups excluding carboxylic acids is 1. The molecule has 8 nitrogen and oxygen atoms in total.